The zero-order valence-electron chi connectivity index (χ0n) is 12.0. The summed E-state index contributed by atoms with van der Waals surface area (Å²) >= 11 is 0. The van der Waals surface area contributed by atoms with Crippen LogP contribution in [-0.4, -0.2) is 11.7 Å². The monoisotopic (exact) mass is 269 g/mol. The van der Waals surface area contributed by atoms with Gasteiger partial charge in [0.15, 0.2) is 0 Å². The van der Waals surface area contributed by atoms with Crippen LogP contribution in [0.15, 0.2) is 60.7 Å². The summed E-state index contributed by atoms with van der Waals surface area (Å²) in [5.41, 5.74) is 2.07. The topological polar surface area (TPSA) is 32.3 Å². The average molecular weight is 269 g/mol. The van der Waals surface area contributed by atoms with E-state index >= 15 is 0 Å². The summed E-state index contributed by atoms with van der Waals surface area (Å²) in [7, 11) is 0. The third kappa shape index (κ3) is 3.92. The van der Waals surface area contributed by atoms with Crippen LogP contribution < -0.4 is 5.32 Å². The summed E-state index contributed by atoms with van der Waals surface area (Å²) in [4.78, 5) is 0. The zero-order valence-corrected chi connectivity index (χ0v) is 12.0. The molecule has 106 valence electrons. The normalized spacial score (nSPS) is 13.9. The van der Waals surface area contributed by atoms with E-state index in [1.54, 1.807) is 0 Å². The molecular formula is C18H23NO. The number of benzene rings is 2. The number of nitrogens with one attached hydrogen (secondary N) is 1. The first-order chi connectivity index (χ1) is 9.83. The molecule has 2 aromatic rings. The van der Waals surface area contributed by atoms with Crippen LogP contribution in [0.25, 0.3) is 0 Å². The smallest absolute Gasteiger partial charge is 0.0984 e. The fourth-order valence-electron chi connectivity index (χ4n) is 2.35. The van der Waals surface area contributed by atoms with Crippen molar-refractivity contribution in [2.24, 2.45) is 0 Å². The van der Waals surface area contributed by atoms with Gasteiger partial charge >= 0.3 is 0 Å². The van der Waals surface area contributed by atoms with Gasteiger partial charge in [-0.1, -0.05) is 74.0 Å². The lowest BCUT2D eigenvalue weighted by molar-refractivity contribution is 0.128. The maximum absolute atomic E-state index is 10.7. The minimum absolute atomic E-state index is 0.0647. The molecule has 0 spiro atoms. The number of aliphatic hydroxyl groups is 1. The molecule has 0 heterocycles. The standard InChI is InChI=1S/C18H23NO/c1-2-3-14-19-17(15-10-6-4-7-11-15)18(20)16-12-8-5-9-13-16/h4-13,17-20H,2-3,14H2,1H3/t17-,18+/m1/s1. The molecule has 2 aromatic carbocycles. The molecule has 0 aliphatic heterocycles. The van der Waals surface area contributed by atoms with Gasteiger partial charge in [-0.3, -0.25) is 0 Å². The molecule has 2 N–H and O–H groups in total. The number of aliphatic hydroxyl groups excluding tert-OH is 1. The van der Waals surface area contributed by atoms with E-state index in [1.807, 2.05) is 48.5 Å². The predicted octanol–water partition coefficient (Wildman–Crippen LogP) is 3.85. The zero-order chi connectivity index (χ0) is 14.2. The van der Waals surface area contributed by atoms with Gasteiger partial charge in [-0.15, -0.1) is 0 Å². The third-order valence-corrected chi connectivity index (χ3v) is 3.51. The van der Waals surface area contributed by atoms with Crippen molar-refractivity contribution in [3.05, 3.63) is 71.8 Å². The summed E-state index contributed by atoms with van der Waals surface area (Å²) < 4.78 is 0. The van der Waals surface area contributed by atoms with Crippen molar-refractivity contribution in [1.82, 2.24) is 5.32 Å². The molecule has 0 aliphatic carbocycles. The summed E-state index contributed by atoms with van der Waals surface area (Å²) in [6, 6.07) is 19.9. The molecule has 0 saturated carbocycles. The van der Waals surface area contributed by atoms with Crippen molar-refractivity contribution in [2.75, 3.05) is 6.54 Å². The molecule has 20 heavy (non-hydrogen) atoms. The molecule has 0 fully saturated rings. The quantitative estimate of drug-likeness (QED) is 0.748. The highest BCUT2D eigenvalue weighted by Crippen LogP contribution is 2.28. The second kappa shape index (κ2) is 7.83. The number of hydrogen-bond acceptors (Lipinski definition) is 2. The molecular weight excluding hydrogens is 246 g/mol. The first kappa shape index (κ1) is 14.8. The Morgan fingerprint density at radius 1 is 0.900 bits per heavy atom. The molecule has 0 radical (unpaired) electrons. The number of hydrogen-bond donors (Lipinski definition) is 2. The van der Waals surface area contributed by atoms with Gasteiger partial charge in [0.05, 0.1) is 12.1 Å². The van der Waals surface area contributed by atoms with Crippen LogP contribution in [0.1, 0.15) is 43.0 Å². The van der Waals surface area contributed by atoms with Gasteiger partial charge in [0.1, 0.15) is 0 Å². The van der Waals surface area contributed by atoms with Crippen molar-refractivity contribution in [2.45, 2.75) is 31.9 Å². The molecule has 2 rings (SSSR count). The van der Waals surface area contributed by atoms with Gasteiger partial charge in [-0.05, 0) is 24.1 Å². The maximum atomic E-state index is 10.7. The van der Waals surface area contributed by atoms with E-state index in [0.29, 0.717) is 0 Å². The van der Waals surface area contributed by atoms with E-state index in [9.17, 15) is 5.11 Å². The summed E-state index contributed by atoms with van der Waals surface area (Å²) in [5.74, 6) is 0. The van der Waals surface area contributed by atoms with E-state index in [2.05, 4.69) is 24.4 Å². The summed E-state index contributed by atoms with van der Waals surface area (Å²) in [6.07, 6.45) is 1.73. The SMILES string of the molecule is CCCCN[C@H](c1ccccc1)[C@@H](O)c1ccccc1. The summed E-state index contributed by atoms with van der Waals surface area (Å²) in [5, 5.41) is 14.2. The fraction of sp³-hybridized carbons (Fsp3) is 0.333. The average Bonchev–Trinajstić information content (AvgIpc) is 2.53. The Balaban J connectivity index is 2.17. The van der Waals surface area contributed by atoms with E-state index in [0.717, 1.165) is 30.5 Å². The Morgan fingerprint density at radius 3 is 2.00 bits per heavy atom. The van der Waals surface area contributed by atoms with Crippen molar-refractivity contribution < 1.29 is 5.11 Å². The molecule has 2 atom stereocenters. The van der Waals surface area contributed by atoms with Crippen molar-refractivity contribution >= 4 is 0 Å². The van der Waals surface area contributed by atoms with E-state index < -0.39 is 6.10 Å². The van der Waals surface area contributed by atoms with Crippen molar-refractivity contribution in [1.29, 1.82) is 0 Å². The van der Waals surface area contributed by atoms with Gasteiger partial charge in [0.2, 0.25) is 0 Å². The lowest BCUT2D eigenvalue weighted by Crippen LogP contribution is -2.28. The van der Waals surface area contributed by atoms with E-state index in [1.165, 1.54) is 0 Å². The van der Waals surface area contributed by atoms with Crippen LogP contribution in [0.2, 0.25) is 0 Å². The first-order valence-electron chi connectivity index (χ1n) is 7.34. The Morgan fingerprint density at radius 2 is 1.45 bits per heavy atom. The lowest BCUT2D eigenvalue weighted by Gasteiger charge is -2.25. The van der Waals surface area contributed by atoms with Gasteiger partial charge in [0.25, 0.3) is 0 Å². The second-order valence-corrected chi connectivity index (χ2v) is 5.05. The summed E-state index contributed by atoms with van der Waals surface area (Å²) in [6.45, 7) is 3.09. The van der Waals surface area contributed by atoms with Gasteiger partial charge in [0, 0.05) is 0 Å². The minimum atomic E-state index is -0.532. The minimum Gasteiger partial charge on any atom is -0.386 e. The second-order valence-electron chi connectivity index (χ2n) is 5.05. The first-order valence-corrected chi connectivity index (χ1v) is 7.34. The molecule has 2 nitrogen and oxygen atoms in total. The molecule has 2 heteroatoms. The van der Waals surface area contributed by atoms with Crippen LogP contribution in [-0.2, 0) is 0 Å². The van der Waals surface area contributed by atoms with Gasteiger partial charge in [-0.2, -0.15) is 0 Å². The highest BCUT2D eigenvalue weighted by molar-refractivity contribution is 5.26. The Hall–Kier alpha value is -1.64. The lowest BCUT2D eigenvalue weighted by atomic mass is 9.95. The molecule has 0 aliphatic rings. The van der Waals surface area contributed by atoms with Crippen LogP contribution in [0, 0.1) is 0 Å². The number of rotatable bonds is 7. The van der Waals surface area contributed by atoms with Gasteiger partial charge in [-0.25, -0.2) is 0 Å². The Labute approximate surface area is 121 Å². The Bertz CT molecular complexity index is 483. The molecule has 0 aromatic heterocycles. The van der Waals surface area contributed by atoms with E-state index in [4.69, 9.17) is 0 Å². The third-order valence-electron chi connectivity index (χ3n) is 3.51. The van der Waals surface area contributed by atoms with Crippen LogP contribution in [0.5, 0.6) is 0 Å². The Kier molecular flexibility index (Phi) is 5.78. The maximum Gasteiger partial charge on any atom is 0.0984 e. The van der Waals surface area contributed by atoms with E-state index in [-0.39, 0.29) is 6.04 Å². The molecule has 0 unspecified atom stereocenters. The molecule has 0 amide bonds. The molecule has 0 bridgehead atoms. The van der Waals surface area contributed by atoms with Crippen molar-refractivity contribution in [3.8, 4) is 0 Å². The van der Waals surface area contributed by atoms with Gasteiger partial charge < -0.3 is 10.4 Å². The van der Waals surface area contributed by atoms with Crippen LogP contribution in [0.4, 0.5) is 0 Å². The fourth-order valence-corrected chi connectivity index (χ4v) is 2.35. The van der Waals surface area contributed by atoms with Crippen LogP contribution in [0.3, 0.4) is 0 Å². The highest BCUT2D eigenvalue weighted by Gasteiger charge is 2.21. The van der Waals surface area contributed by atoms with Crippen molar-refractivity contribution in [3.63, 3.8) is 0 Å². The van der Waals surface area contributed by atoms with Crippen LogP contribution >= 0.6 is 0 Å². The number of unbranched alkanes of at least 4 members (excludes halogenated alkanes) is 1. The highest BCUT2D eigenvalue weighted by atomic mass is 16.3. The molecule has 0 saturated heterocycles. The largest absolute Gasteiger partial charge is 0.386 e. The predicted molar refractivity (Wildman–Crippen MR) is 83.5 cm³/mol.